The number of ether oxygens (including phenoxy) is 1. The Labute approximate surface area is 180 Å². The number of rotatable bonds is 7. The van der Waals surface area contributed by atoms with Gasteiger partial charge in [0.1, 0.15) is 11.8 Å². The Hall–Kier alpha value is -3.94. The Balaban J connectivity index is 1.68. The zero-order valence-electron chi connectivity index (χ0n) is 17.5. The minimum absolute atomic E-state index is 0.127. The third kappa shape index (κ3) is 6.02. The fourth-order valence-electron chi connectivity index (χ4n) is 3.06. The second-order valence-electron chi connectivity index (χ2n) is 7.10. The summed E-state index contributed by atoms with van der Waals surface area (Å²) in [5.41, 5.74) is 3.62. The molecule has 0 spiro atoms. The summed E-state index contributed by atoms with van der Waals surface area (Å²) >= 11 is 0. The Morgan fingerprint density at radius 3 is 2.19 bits per heavy atom. The number of aryl methyl sites for hydroxylation is 2. The Morgan fingerprint density at radius 2 is 1.61 bits per heavy atom. The van der Waals surface area contributed by atoms with E-state index < -0.39 is 17.9 Å². The first kappa shape index (κ1) is 21.8. The molecule has 1 unspecified atom stereocenters. The minimum atomic E-state index is -0.858. The molecule has 0 saturated heterocycles. The number of anilines is 2. The molecule has 160 valence electrons. The molecular formula is C23H24N4O4. The summed E-state index contributed by atoms with van der Waals surface area (Å²) < 4.78 is 4.82. The lowest BCUT2D eigenvalue weighted by Crippen LogP contribution is -2.43. The van der Waals surface area contributed by atoms with Crippen molar-refractivity contribution in [1.29, 1.82) is 0 Å². The highest BCUT2D eigenvalue weighted by atomic mass is 16.5. The van der Waals surface area contributed by atoms with Gasteiger partial charge in [0, 0.05) is 29.1 Å². The SMILES string of the molecule is COC(=O)C(Cc1ccc(O)cc1)NC(=O)c1ccc(Nc2nc(C)cc(C)n2)cc1. The standard InChI is InChI=1S/C23H24N4O4/c1-14-12-15(2)25-23(24-14)26-18-8-6-17(7-9-18)21(29)27-20(22(30)31-3)13-16-4-10-19(28)11-5-16/h4-12,20,28H,13H2,1-3H3,(H,27,29)(H,24,25,26). The van der Waals surface area contributed by atoms with Crippen molar-refractivity contribution < 1.29 is 19.4 Å². The molecular weight excluding hydrogens is 396 g/mol. The molecule has 1 atom stereocenters. The lowest BCUT2D eigenvalue weighted by atomic mass is 10.0. The number of benzene rings is 2. The largest absolute Gasteiger partial charge is 0.508 e. The first-order chi connectivity index (χ1) is 14.8. The predicted octanol–water partition coefficient (Wildman–Crippen LogP) is 3.06. The second-order valence-corrected chi connectivity index (χ2v) is 7.10. The van der Waals surface area contributed by atoms with Crippen molar-refractivity contribution in [1.82, 2.24) is 15.3 Å². The van der Waals surface area contributed by atoms with E-state index in [9.17, 15) is 14.7 Å². The Kier molecular flexibility index (Phi) is 6.81. The third-order valence-electron chi connectivity index (χ3n) is 4.55. The van der Waals surface area contributed by atoms with Gasteiger partial charge in [0.2, 0.25) is 5.95 Å². The van der Waals surface area contributed by atoms with Gasteiger partial charge in [0.15, 0.2) is 0 Å². The van der Waals surface area contributed by atoms with Gasteiger partial charge in [0.25, 0.3) is 5.91 Å². The lowest BCUT2D eigenvalue weighted by molar-refractivity contribution is -0.142. The molecule has 1 amide bonds. The fourth-order valence-corrected chi connectivity index (χ4v) is 3.06. The van der Waals surface area contributed by atoms with E-state index >= 15 is 0 Å². The van der Waals surface area contributed by atoms with Gasteiger partial charge in [-0.15, -0.1) is 0 Å². The number of esters is 1. The highest BCUT2D eigenvalue weighted by molar-refractivity contribution is 5.97. The van der Waals surface area contributed by atoms with Crippen LogP contribution in [0.1, 0.15) is 27.3 Å². The molecule has 31 heavy (non-hydrogen) atoms. The van der Waals surface area contributed by atoms with Crippen LogP contribution in [0.15, 0.2) is 54.6 Å². The van der Waals surface area contributed by atoms with Crippen LogP contribution in [0.25, 0.3) is 0 Å². The molecule has 3 rings (SSSR count). The van der Waals surface area contributed by atoms with E-state index in [0.717, 1.165) is 22.6 Å². The van der Waals surface area contributed by atoms with Crippen LogP contribution >= 0.6 is 0 Å². The maximum Gasteiger partial charge on any atom is 0.328 e. The van der Waals surface area contributed by atoms with E-state index in [-0.39, 0.29) is 12.2 Å². The number of carbonyl (C=O) groups is 2. The average molecular weight is 420 g/mol. The van der Waals surface area contributed by atoms with E-state index in [4.69, 9.17) is 4.74 Å². The number of phenolic OH excluding ortho intramolecular Hbond substituents is 1. The minimum Gasteiger partial charge on any atom is -0.508 e. The van der Waals surface area contributed by atoms with E-state index in [0.29, 0.717) is 11.5 Å². The summed E-state index contributed by atoms with van der Waals surface area (Å²) in [5, 5.41) is 15.2. The van der Waals surface area contributed by atoms with Crippen LogP contribution in [-0.2, 0) is 16.0 Å². The van der Waals surface area contributed by atoms with Crippen molar-refractivity contribution >= 4 is 23.5 Å². The van der Waals surface area contributed by atoms with Crippen molar-refractivity contribution in [2.24, 2.45) is 0 Å². The zero-order valence-corrected chi connectivity index (χ0v) is 17.5. The quantitative estimate of drug-likeness (QED) is 0.504. The van der Waals surface area contributed by atoms with Crippen LogP contribution in [0.5, 0.6) is 5.75 Å². The van der Waals surface area contributed by atoms with Gasteiger partial charge < -0.3 is 20.5 Å². The van der Waals surface area contributed by atoms with Gasteiger partial charge in [-0.3, -0.25) is 4.79 Å². The van der Waals surface area contributed by atoms with Gasteiger partial charge >= 0.3 is 5.97 Å². The molecule has 0 aliphatic carbocycles. The first-order valence-corrected chi connectivity index (χ1v) is 9.70. The van der Waals surface area contributed by atoms with Crippen LogP contribution in [0.4, 0.5) is 11.6 Å². The summed E-state index contributed by atoms with van der Waals surface area (Å²) in [6.45, 7) is 3.78. The zero-order chi connectivity index (χ0) is 22.4. The van der Waals surface area contributed by atoms with Crippen LogP contribution in [0.3, 0.4) is 0 Å². The topological polar surface area (TPSA) is 113 Å². The number of hydrogen-bond donors (Lipinski definition) is 3. The smallest absolute Gasteiger partial charge is 0.328 e. The molecule has 3 aromatic rings. The van der Waals surface area contributed by atoms with E-state index in [1.165, 1.54) is 19.2 Å². The van der Waals surface area contributed by atoms with Crippen LogP contribution in [0.2, 0.25) is 0 Å². The van der Waals surface area contributed by atoms with Gasteiger partial charge in [-0.2, -0.15) is 0 Å². The molecule has 0 aliphatic heterocycles. The molecule has 2 aromatic carbocycles. The maximum absolute atomic E-state index is 12.7. The van der Waals surface area contributed by atoms with Crippen molar-refractivity contribution in [3.8, 4) is 5.75 Å². The molecule has 3 N–H and O–H groups in total. The summed E-state index contributed by atoms with van der Waals surface area (Å²) in [4.78, 5) is 33.5. The van der Waals surface area contributed by atoms with E-state index in [1.807, 2.05) is 19.9 Å². The average Bonchev–Trinajstić information content (AvgIpc) is 2.74. The first-order valence-electron chi connectivity index (χ1n) is 9.70. The predicted molar refractivity (Wildman–Crippen MR) is 116 cm³/mol. The molecule has 8 nitrogen and oxygen atoms in total. The summed E-state index contributed by atoms with van der Waals surface area (Å²) in [6.07, 6.45) is 0.238. The number of amides is 1. The molecule has 1 heterocycles. The van der Waals surface area contributed by atoms with E-state index in [1.54, 1.807) is 36.4 Å². The highest BCUT2D eigenvalue weighted by Crippen LogP contribution is 2.16. The van der Waals surface area contributed by atoms with Gasteiger partial charge in [-0.05, 0) is 61.9 Å². The number of carbonyl (C=O) groups excluding carboxylic acids is 2. The normalized spacial score (nSPS) is 11.5. The third-order valence-corrected chi connectivity index (χ3v) is 4.55. The lowest BCUT2D eigenvalue weighted by Gasteiger charge is -2.17. The molecule has 0 radical (unpaired) electrons. The van der Waals surface area contributed by atoms with Crippen LogP contribution in [0, 0.1) is 13.8 Å². The highest BCUT2D eigenvalue weighted by Gasteiger charge is 2.22. The molecule has 1 aromatic heterocycles. The number of nitrogens with zero attached hydrogens (tertiary/aromatic N) is 2. The van der Waals surface area contributed by atoms with Gasteiger partial charge in [0.05, 0.1) is 7.11 Å². The molecule has 8 heteroatoms. The number of hydrogen-bond acceptors (Lipinski definition) is 7. The van der Waals surface area contributed by atoms with Crippen molar-refractivity contribution in [2.75, 3.05) is 12.4 Å². The monoisotopic (exact) mass is 420 g/mol. The second kappa shape index (κ2) is 9.71. The number of aromatic hydroxyl groups is 1. The number of methoxy groups -OCH3 is 1. The fraction of sp³-hybridized carbons (Fsp3) is 0.217. The number of phenols is 1. The summed E-state index contributed by atoms with van der Waals surface area (Å²) in [5.74, 6) is -0.341. The van der Waals surface area contributed by atoms with E-state index in [2.05, 4.69) is 20.6 Å². The van der Waals surface area contributed by atoms with Crippen molar-refractivity contribution in [3.05, 3.63) is 77.1 Å². The molecule has 0 bridgehead atoms. The molecule has 0 fully saturated rings. The van der Waals surface area contributed by atoms with Crippen LogP contribution < -0.4 is 10.6 Å². The Morgan fingerprint density at radius 1 is 1.00 bits per heavy atom. The summed E-state index contributed by atoms with van der Waals surface area (Å²) in [7, 11) is 1.27. The molecule has 0 saturated carbocycles. The van der Waals surface area contributed by atoms with Crippen molar-refractivity contribution in [2.45, 2.75) is 26.3 Å². The maximum atomic E-state index is 12.7. The Bertz CT molecular complexity index is 1050. The number of nitrogens with one attached hydrogen (secondary N) is 2. The van der Waals surface area contributed by atoms with Crippen molar-refractivity contribution in [3.63, 3.8) is 0 Å². The van der Waals surface area contributed by atoms with Crippen LogP contribution in [-0.4, -0.2) is 40.1 Å². The summed E-state index contributed by atoms with van der Waals surface area (Å²) in [6, 6.07) is 14.2. The van der Waals surface area contributed by atoms with Gasteiger partial charge in [-0.25, -0.2) is 14.8 Å². The number of aromatic nitrogens is 2. The van der Waals surface area contributed by atoms with Gasteiger partial charge in [-0.1, -0.05) is 12.1 Å². The molecule has 0 aliphatic rings.